The average molecular weight is 1470 g/mol. The van der Waals surface area contributed by atoms with Gasteiger partial charge < -0.3 is 64.9 Å². The maximum absolute atomic E-state index is 14.2. The molecule has 1 saturated heterocycles. The van der Waals surface area contributed by atoms with Gasteiger partial charge in [0.1, 0.15) is 53.8 Å². The van der Waals surface area contributed by atoms with Crippen LogP contribution in [-0.2, 0) is 57.9 Å². The first-order valence-electron chi connectivity index (χ1n) is 29.3. The average Bonchev–Trinajstić information content (AvgIpc) is 0.832. The highest BCUT2D eigenvalue weighted by Crippen LogP contribution is 2.46. The molecule has 0 saturated carbocycles. The van der Waals surface area contributed by atoms with Crippen LogP contribution in [0.1, 0.15) is 92.3 Å². The number of carbonyl (C=O) groups is 4. The Balaban J connectivity index is 0.843. The number of hydrogen-bond donors (Lipinski definition) is 9. The van der Waals surface area contributed by atoms with E-state index in [1.54, 1.807) is 54.1 Å². The minimum Gasteiger partial charge on any atom is -0.490 e. The normalized spacial score (nSPS) is 15.8. The van der Waals surface area contributed by atoms with Crippen LogP contribution in [0, 0.1) is 17.3 Å². The quantitative estimate of drug-likeness (QED) is 0.00300. The predicted octanol–water partition coefficient (Wildman–Crippen LogP) is 6.76. The van der Waals surface area contributed by atoms with Gasteiger partial charge in [-0.2, -0.15) is 21.8 Å². The second-order valence-electron chi connectivity index (χ2n) is 22.3. The third-order valence-corrected chi connectivity index (χ3v) is 21.7. The smallest absolute Gasteiger partial charge is 0.469 e. The number of nitrogen functional groups attached to an aromatic ring is 2. The second kappa shape index (κ2) is 34.3. The van der Waals surface area contributed by atoms with Gasteiger partial charge in [-0.05, 0) is 80.1 Å². The predicted molar refractivity (Wildman–Crippen MR) is 363 cm³/mol. The van der Waals surface area contributed by atoms with Crippen molar-refractivity contribution in [2.45, 2.75) is 104 Å². The van der Waals surface area contributed by atoms with E-state index >= 15 is 0 Å². The summed E-state index contributed by atoms with van der Waals surface area (Å²) in [5.41, 5.74) is 10.1. The number of nitrogens with one attached hydrogen (secondary N) is 3. The number of nitrogens with two attached hydrogens (primary N) is 2. The van der Waals surface area contributed by atoms with E-state index < -0.39 is 114 Å². The molecule has 3 aromatic carbocycles. The zero-order chi connectivity index (χ0) is 70.3. The molecular weight excluding hydrogens is 1390 g/mol. The molecule has 7 rings (SSSR count). The Morgan fingerprint density at radius 2 is 1.68 bits per heavy atom. The van der Waals surface area contributed by atoms with E-state index in [2.05, 4.69) is 32.0 Å². The van der Waals surface area contributed by atoms with Gasteiger partial charge in [0.25, 0.3) is 32.1 Å². The highest BCUT2D eigenvalue weighted by molar-refractivity contribution is 8.77. The summed E-state index contributed by atoms with van der Waals surface area (Å²) in [5, 5.41) is 13.0. The molecule has 4 aromatic rings. The fraction of sp³-hybridized carbons (Fsp3) is 0.417. The topological polar surface area (TPSA) is 441 Å². The molecular formula is C60H73N8O21PS6. The highest BCUT2D eigenvalue weighted by Gasteiger charge is 2.40. The van der Waals surface area contributed by atoms with E-state index in [9.17, 15) is 64.3 Å². The van der Waals surface area contributed by atoms with Gasteiger partial charge in [-0.25, -0.2) is 9.36 Å². The van der Waals surface area contributed by atoms with E-state index in [-0.39, 0.29) is 127 Å². The second-order valence-corrected chi connectivity index (χ2v) is 32.2. The number of nitrogens with zero attached hydrogens (tertiary/aromatic N) is 3. The first-order valence-corrected chi connectivity index (χ1v) is 38.5. The third kappa shape index (κ3) is 22.0. The summed E-state index contributed by atoms with van der Waals surface area (Å²) < 4.78 is 124. The van der Waals surface area contributed by atoms with Crippen LogP contribution < -0.4 is 37.9 Å². The minimum absolute atomic E-state index is 0.0139. The molecule has 0 radical (unpaired) electrons. The number of hydrogen-bond acceptors (Lipinski definition) is 25. The number of ketones is 1. The number of phosphoric acid groups is 1. The number of rotatable bonds is 33. The number of phosphoric ester groups is 1. The minimum atomic E-state index is -5.18. The van der Waals surface area contributed by atoms with Crippen LogP contribution in [-0.4, -0.2) is 167 Å². The number of fused-ring (bicyclic) bond motifs is 2. The van der Waals surface area contributed by atoms with Gasteiger partial charge in [0.15, 0.2) is 21.1 Å². The highest BCUT2D eigenvalue weighted by atomic mass is 33.1. The van der Waals surface area contributed by atoms with Gasteiger partial charge in [0, 0.05) is 78.0 Å². The van der Waals surface area contributed by atoms with Crippen molar-refractivity contribution in [3.63, 3.8) is 0 Å². The number of ether oxygens (including phenoxy) is 5. The van der Waals surface area contributed by atoms with Crippen molar-refractivity contribution in [1.29, 1.82) is 5.41 Å². The summed E-state index contributed by atoms with van der Waals surface area (Å²) >= 11 is 0. The van der Waals surface area contributed by atoms with Crippen molar-refractivity contribution in [3.8, 4) is 40.0 Å². The lowest BCUT2D eigenvalue weighted by atomic mass is 9.90. The monoisotopic (exact) mass is 1460 g/mol. The Bertz CT molecular complexity index is 4250. The molecule has 1 aromatic heterocycles. The molecule has 0 bridgehead atoms. The maximum Gasteiger partial charge on any atom is 0.469 e. The van der Waals surface area contributed by atoms with Crippen molar-refractivity contribution in [2.24, 2.45) is 0 Å². The van der Waals surface area contributed by atoms with Crippen LogP contribution in [0.5, 0.6) is 5.75 Å². The van der Waals surface area contributed by atoms with Gasteiger partial charge in [-0.3, -0.25) is 42.8 Å². The number of aromatic nitrogens is 2. The Kier molecular flexibility index (Phi) is 27.4. The summed E-state index contributed by atoms with van der Waals surface area (Å²) in [6, 6.07) is 17.6. The number of carbonyl (C=O) groups excluding carboxylic acids is 4. The molecule has 2 aliphatic heterocycles. The van der Waals surface area contributed by atoms with Gasteiger partial charge in [-0.15, -0.1) is 0 Å². The van der Waals surface area contributed by atoms with Crippen molar-refractivity contribution < 1.29 is 92.1 Å². The van der Waals surface area contributed by atoms with Crippen molar-refractivity contribution in [3.05, 3.63) is 112 Å². The number of anilines is 2. The molecule has 1 fully saturated rings. The molecule has 3 amide bonds. The molecule has 3 aliphatic rings. The van der Waals surface area contributed by atoms with E-state index in [4.69, 9.17) is 45.0 Å². The van der Waals surface area contributed by atoms with Crippen LogP contribution in [0.3, 0.4) is 0 Å². The summed E-state index contributed by atoms with van der Waals surface area (Å²) in [6.45, 7) is 7.51. The zero-order valence-electron chi connectivity index (χ0n) is 52.7. The Hall–Kier alpha value is -6.56. The van der Waals surface area contributed by atoms with Crippen molar-refractivity contribution in [1.82, 2.24) is 25.1 Å². The van der Waals surface area contributed by atoms with Gasteiger partial charge in [0.2, 0.25) is 5.91 Å². The first kappa shape index (κ1) is 76.8. The van der Waals surface area contributed by atoms with E-state index in [0.29, 0.717) is 17.7 Å². The molecule has 36 heteroatoms. The summed E-state index contributed by atoms with van der Waals surface area (Å²) in [7, 11) is -7.73. The Labute approximate surface area is 568 Å². The molecule has 29 nitrogen and oxygen atoms in total. The van der Waals surface area contributed by atoms with Crippen molar-refractivity contribution >= 4 is 117 Å². The fourth-order valence-electron chi connectivity index (χ4n) is 9.67. The Morgan fingerprint density at radius 3 is 2.39 bits per heavy atom. The molecule has 2 unspecified atom stereocenters. The molecule has 5 atom stereocenters. The summed E-state index contributed by atoms with van der Waals surface area (Å²) in [4.78, 5) is 88.0. The SMILES string of the molecule is CSS[C@@H](C)OC1C[C@H](n2cc(C#CCNC(=O)COCCOC(COc3cccc(C(=O)NCCCC(=O)CCCN(C)C(=O)c4ccccc4-c4c5ccc(=N)c(S(=O)(=O)O)c-5oc5c(S(=O)(=O)O)c(N)ccc45)c3)SSC(C)(C)C)c(N)nc2=O)O[C@@H]1COP(=O)(O)O. The van der Waals surface area contributed by atoms with Crippen molar-refractivity contribution in [2.75, 3.05) is 77.4 Å². The number of benzene rings is 4. The van der Waals surface area contributed by atoms with Gasteiger partial charge in [0.05, 0.1) is 49.1 Å². The zero-order valence-corrected chi connectivity index (χ0v) is 58.5. The van der Waals surface area contributed by atoms with Crippen LogP contribution in [0.2, 0.25) is 0 Å². The fourth-order valence-corrected chi connectivity index (χ4v) is 15.1. The molecule has 1 aliphatic carbocycles. The molecule has 11 N–H and O–H groups in total. The van der Waals surface area contributed by atoms with Crippen LogP contribution >= 0.6 is 51.0 Å². The van der Waals surface area contributed by atoms with Gasteiger partial charge in [-0.1, -0.05) is 100 Å². The largest absolute Gasteiger partial charge is 0.490 e. The Morgan fingerprint density at radius 1 is 0.948 bits per heavy atom. The lowest BCUT2D eigenvalue weighted by Gasteiger charge is -2.22. The van der Waals surface area contributed by atoms with E-state index in [1.807, 2.05) is 27.0 Å². The van der Waals surface area contributed by atoms with Gasteiger partial charge >= 0.3 is 13.5 Å². The molecule has 0 spiro atoms. The maximum atomic E-state index is 14.2. The summed E-state index contributed by atoms with van der Waals surface area (Å²) in [6.07, 6.45) is 1.55. The van der Waals surface area contributed by atoms with E-state index in [0.717, 1.165) is 10.6 Å². The number of Topliss-reactive ketones (excluding diaryl/α,β-unsaturated/α-hetero) is 1. The molecule has 96 heavy (non-hydrogen) atoms. The summed E-state index contributed by atoms with van der Waals surface area (Å²) in [5.74, 6) is 3.62. The van der Waals surface area contributed by atoms with Crippen LogP contribution in [0.4, 0.5) is 11.5 Å². The van der Waals surface area contributed by atoms with Crippen LogP contribution in [0.25, 0.3) is 33.4 Å². The van der Waals surface area contributed by atoms with E-state index in [1.165, 1.54) is 80.9 Å². The lowest BCUT2D eigenvalue weighted by Crippen LogP contribution is -2.31. The molecule has 3 heterocycles. The lowest BCUT2D eigenvalue weighted by molar-refractivity contribution is -0.126. The van der Waals surface area contributed by atoms with Crippen LogP contribution in [0.15, 0.2) is 98.0 Å². The molecule has 520 valence electrons. The third-order valence-electron chi connectivity index (χ3n) is 13.9. The number of amides is 3. The first-order chi connectivity index (χ1) is 45.2. The standard InChI is InChI=1S/C60H73N8O21PS6/c1-35(92-91-6)87-46-30-49(88-47(46)32-86-90(74,75)76)68-31-37(56(63)66-59(68)73)14-10-24-64-48(70)33-83-27-28-84-50(93-94-60(2,3)4)34-85-39-17-9-13-36(29-39)57(71)65-25-11-15-38(69)16-12-26-67(5)58(72)41-19-8-7-18-40(41)51-42-20-22-44(61)54(95(77,78)79)52(42)89-53-43(51)21-23-45(62)55(53)96(80,81)82/h7-9,13,17-23,29,31,35,46-47,49-50,61H,11-12,15-16,24-28,30,32-34,62H2,1-6H3,(H,64,70)(H,65,71)(H2,63,66,73)(H2,74,75,76)(H,77,78,79)(H,80,81,82)/t35-,46?,47+,49+,50?/m0/s1.